The fourth-order valence-electron chi connectivity index (χ4n) is 3.20. The molecule has 0 unspecified atom stereocenters. The van der Waals surface area contributed by atoms with E-state index in [4.69, 9.17) is 0 Å². The minimum atomic E-state index is -0.312. The molecule has 1 heterocycles. The largest absolute Gasteiger partial charge is 0.353 e. The summed E-state index contributed by atoms with van der Waals surface area (Å²) in [7, 11) is 0. The lowest BCUT2D eigenvalue weighted by Gasteiger charge is -2.34. The topological polar surface area (TPSA) is 49.4 Å². The zero-order chi connectivity index (χ0) is 16.2. The molecule has 0 spiro atoms. The van der Waals surface area contributed by atoms with Crippen LogP contribution < -0.4 is 5.32 Å². The molecule has 1 aliphatic heterocycles. The second kappa shape index (κ2) is 7.11. The smallest absolute Gasteiger partial charge is 0.226 e. The zero-order valence-electron chi connectivity index (χ0n) is 13.3. The van der Waals surface area contributed by atoms with E-state index in [0.29, 0.717) is 18.7 Å². The second-order valence-corrected chi connectivity index (χ2v) is 6.60. The number of hydrogen-bond donors (Lipinski definition) is 1. The summed E-state index contributed by atoms with van der Waals surface area (Å²) < 4.78 is 13.2. The first-order valence-corrected chi connectivity index (χ1v) is 8.44. The van der Waals surface area contributed by atoms with Crippen molar-refractivity contribution in [3.05, 3.63) is 35.6 Å². The van der Waals surface area contributed by atoms with E-state index in [9.17, 15) is 14.0 Å². The second-order valence-electron chi connectivity index (χ2n) is 6.60. The van der Waals surface area contributed by atoms with Crippen LogP contribution in [0.2, 0.25) is 0 Å². The number of benzene rings is 1. The predicted octanol–water partition coefficient (Wildman–Crippen LogP) is 2.28. The van der Waals surface area contributed by atoms with Crippen molar-refractivity contribution in [1.29, 1.82) is 0 Å². The highest BCUT2D eigenvalue weighted by Crippen LogP contribution is 2.26. The van der Waals surface area contributed by atoms with Crippen LogP contribution >= 0.6 is 0 Å². The Morgan fingerprint density at radius 1 is 1.17 bits per heavy atom. The molecule has 2 fully saturated rings. The number of piperidine rings is 1. The maximum Gasteiger partial charge on any atom is 0.226 e. The highest BCUT2D eigenvalue weighted by Gasteiger charge is 2.29. The molecule has 0 atom stereocenters. The Labute approximate surface area is 136 Å². The van der Waals surface area contributed by atoms with Crippen molar-refractivity contribution in [2.75, 3.05) is 13.1 Å². The van der Waals surface area contributed by atoms with Crippen LogP contribution in [-0.4, -0.2) is 35.8 Å². The van der Waals surface area contributed by atoms with Crippen molar-refractivity contribution >= 4 is 11.8 Å². The lowest BCUT2D eigenvalue weighted by atomic mass is 9.84. The van der Waals surface area contributed by atoms with E-state index in [2.05, 4.69) is 5.32 Å². The van der Waals surface area contributed by atoms with E-state index >= 15 is 0 Å². The van der Waals surface area contributed by atoms with Crippen molar-refractivity contribution in [3.8, 4) is 0 Å². The first-order chi connectivity index (χ1) is 11.1. The highest BCUT2D eigenvalue weighted by molar-refractivity contribution is 5.80. The third-order valence-electron chi connectivity index (χ3n) is 4.91. The van der Waals surface area contributed by atoms with Gasteiger partial charge in [0.25, 0.3) is 0 Å². The van der Waals surface area contributed by atoms with Crippen molar-refractivity contribution in [1.82, 2.24) is 10.2 Å². The lowest BCUT2D eigenvalue weighted by molar-refractivity contribution is -0.132. The number of nitrogens with one attached hydrogen (secondary N) is 1. The third-order valence-corrected chi connectivity index (χ3v) is 4.91. The van der Waals surface area contributed by atoms with Crippen LogP contribution in [0.4, 0.5) is 4.39 Å². The summed E-state index contributed by atoms with van der Waals surface area (Å²) in [5, 5.41) is 3.11. The van der Waals surface area contributed by atoms with Gasteiger partial charge in [0.05, 0.1) is 6.42 Å². The van der Waals surface area contributed by atoms with Gasteiger partial charge in [-0.2, -0.15) is 0 Å². The average molecular weight is 318 g/mol. The first kappa shape index (κ1) is 16.0. The highest BCUT2D eigenvalue weighted by atomic mass is 19.1. The fourth-order valence-corrected chi connectivity index (χ4v) is 3.20. The van der Waals surface area contributed by atoms with Gasteiger partial charge in [0.1, 0.15) is 5.82 Å². The molecule has 1 aromatic rings. The summed E-state index contributed by atoms with van der Waals surface area (Å²) in [4.78, 5) is 26.1. The molecular formula is C18H23FN2O2. The van der Waals surface area contributed by atoms with Crippen molar-refractivity contribution < 1.29 is 14.0 Å². The van der Waals surface area contributed by atoms with Gasteiger partial charge in [0.2, 0.25) is 11.8 Å². The van der Waals surface area contributed by atoms with Crippen LogP contribution in [0.3, 0.4) is 0 Å². The Hall–Kier alpha value is -1.91. The molecular weight excluding hydrogens is 295 g/mol. The molecule has 0 radical (unpaired) electrons. The maximum absolute atomic E-state index is 13.2. The summed E-state index contributed by atoms with van der Waals surface area (Å²) in [6, 6.07) is 6.36. The molecule has 1 aliphatic carbocycles. The molecule has 5 heteroatoms. The average Bonchev–Trinajstić information content (AvgIpc) is 2.46. The van der Waals surface area contributed by atoms with Gasteiger partial charge in [-0.25, -0.2) is 4.39 Å². The van der Waals surface area contributed by atoms with Gasteiger partial charge in [0.15, 0.2) is 0 Å². The van der Waals surface area contributed by atoms with Crippen molar-refractivity contribution in [2.24, 2.45) is 5.92 Å². The van der Waals surface area contributed by atoms with Gasteiger partial charge in [-0.3, -0.25) is 9.59 Å². The van der Waals surface area contributed by atoms with Crippen molar-refractivity contribution in [2.45, 2.75) is 44.6 Å². The molecule has 1 saturated heterocycles. The zero-order valence-corrected chi connectivity index (χ0v) is 13.3. The summed E-state index contributed by atoms with van der Waals surface area (Å²) >= 11 is 0. The van der Waals surface area contributed by atoms with Gasteiger partial charge in [-0.1, -0.05) is 18.6 Å². The van der Waals surface area contributed by atoms with Crippen LogP contribution in [0.1, 0.15) is 37.7 Å². The number of halogens is 1. The van der Waals surface area contributed by atoms with Crippen molar-refractivity contribution in [3.63, 3.8) is 0 Å². The standard InChI is InChI=1S/C18H23FN2O2/c19-15-6-1-3-13(11-15)12-17(22)21-9-7-16(8-10-21)20-18(23)14-4-2-5-14/h1,3,6,11,14,16H,2,4-5,7-10,12H2,(H,20,23). The molecule has 2 aliphatic rings. The molecule has 1 saturated carbocycles. The molecule has 0 aromatic heterocycles. The minimum Gasteiger partial charge on any atom is -0.353 e. The number of hydrogen-bond acceptors (Lipinski definition) is 2. The van der Waals surface area contributed by atoms with Gasteiger partial charge >= 0.3 is 0 Å². The molecule has 1 N–H and O–H groups in total. The molecule has 2 amide bonds. The maximum atomic E-state index is 13.2. The molecule has 4 nitrogen and oxygen atoms in total. The fraction of sp³-hybridized carbons (Fsp3) is 0.556. The lowest BCUT2D eigenvalue weighted by Crippen LogP contribution is -2.48. The van der Waals surface area contributed by atoms with E-state index in [1.165, 1.54) is 12.1 Å². The summed E-state index contributed by atoms with van der Waals surface area (Å²) in [6.45, 7) is 1.31. The number of likely N-dealkylation sites (tertiary alicyclic amines) is 1. The Kier molecular flexibility index (Phi) is 4.94. The molecule has 0 bridgehead atoms. The van der Waals surface area contributed by atoms with Crippen LogP contribution in [-0.2, 0) is 16.0 Å². The van der Waals surface area contributed by atoms with Crippen LogP contribution in [0.25, 0.3) is 0 Å². The SMILES string of the molecule is O=C(NC1CCN(C(=O)Cc2cccc(F)c2)CC1)C1CCC1. The van der Waals surface area contributed by atoms with E-state index in [1.807, 2.05) is 4.90 Å². The number of nitrogens with zero attached hydrogens (tertiary/aromatic N) is 1. The van der Waals surface area contributed by atoms with E-state index in [1.54, 1.807) is 12.1 Å². The van der Waals surface area contributed by atoms with E-state index in [0.717, 1.165) is 32.1 Å². The van der Waals surface area contributed by atoms with Gasteiger partial charge in [-0.05, 0) is 43.4 Å². The van der Waals surface area contributed by atoms with Gasteiger partial charge < -0.3 is 10.2 Å². The molecule has 3 rings (SSSR count). The quantitative estimate of drug-likeness (QED) is 0.926. The Bertz CT molecular complexity index is 578. The van der Waals surface area contributed by atoms with E-state index in [-0.39, 0.29) is 36.0 Å². The molecule has 1 aromatic carbocycles. The normalized spacial score (nSPS) is 19.3. The number of amides is 2. The van der Waals surface area contributed by atoms with Crippen LogP contribution in [0.5, 0.6) is 0 Å². The Balaban J connectivity index is 1.44. The minimum absolute atomic E-state index is 0.0272. The number of carbonyl (C=O) groups is 2. The van der Waals surface area contributed by atoms with Gasteiger partial charge in [0, 0.05) is 25.0 Å². The summed E-state index contributed by atoms with van der Waals surface area (Å²) in [6.07, 6.45) is 5.01. The summed E-state index contributed by atoms with van der Waals surface area (Å²) in [5.74, 6) is 0.107. The van der Waals surface area contributed by atoms with Gasteiger partial charge in [-0.15, -0.1) is 0 Å². The Morgan fingerprint density at radius 2 is 1.91 bits per heavy atom. The molecule has 23 heavy (non-hydrogen) atoms. The van der Waals surface area contributed by atoms with Crippen LogP contribution in [0.15, 0.2) is 24.3 Å². The summed E-state index contributed by atoms with van der Waals surface area (Å²) in [5.41, 5.74) is 0.704. The predicted molar refractivity (Wildman–Crippen MR) is 85.2 cm³/mol. The number of rotatable bonds is 4. The Morgan fingerprint density at radius 3 is 2.52 bits per heavy atom. The van der Waals surface area contributed by atoms with E-state index < -0.39 is 0 Å². The monoisotopic (exact) mass is 318 g/mol. The number of carbonyl (C=O) groups excluding carboxylic acids is 2. The first-order valence-electron chi connectivity index (χ1n) is 8.44. The van der Waals surface area contributed by atoms with Crippen LogP contribution in [0, 0.1) is 11.7 Å². The third kappa shape index (κ3) is 4.09. The molecule has 124 valence electrons.